The highest BCUT2D eigenvalue weighted by atomic mass is 16.4. The Balaban J connectivity index is 1.90. The van der Waals surface area contributed by atoms with Crippen LogP contribution in [0.2, 0.25) is 0 Å². The summed E-state index contributed by atoms with van der Waals surface area (Å²) in [5, 5.41) is 12.2. The van der Waals surface area contributed by atoms with Gasteiger partial charge in [0, 0.05) is 36.9 Å². The van der Waals surface area contributed by atoms with E-state index >= 15 is 0 Å². The van der Waals surface area contributed by atoms with Crippen molar-refractivity contribution in [2.75, 3.05) is 31.1 Å². The predicted molar refractivity (Wildman–Crippen MR) is 80.5 cm³/mol. The Bertz CT molecular complexity index is 529. The molecule has 0 radical (unpaired) electrons. The van der Waals surface area contributed by atoms with Crippen molar-refractivity contribution in [3.8, 4) is 0 Å². The standard InChI is InChI=1S/C15H22N4O/c1-11-4-5-14(13(9-11)15(16)17-20)19-8-7-18-6-2-3-12(18)10-19/h4-5,9,12,20H,2-3,6-8,10H2,1H3,(H2,16,17). The van der Waals surface area contributed by atoms with Crippen LogP contribution in [0.4, 0.5) is 5.69 Å². The number of amidine groups is 1. The molecular formula is C15H22N4O. The molecule has 5 heteroatoms. The van der Waals surface area contributed by atoms with Gasteiger partial charge < -0.3 is 15.8 Å². The molecule has 0 aliphatic carbocycles. The number of aryl methyl sites for hydroxylation is 1. The van der Waals surface area contributed by atoms with Crippen molar-refractivity contribution < 1.29 is 5.21 Å². The van der Waals surface area contributed by atoms with Crippen molar-refractivity contribution in [1.82, 2.24) is 4.90 Å². The minimum absolute atomic E-state index is 0.192. The van der Waals surface area contributed by atoms with E-state index in [4.69, 9.17) is 10.9 Å². The Morgan fingerprint density at radius 1 is 1.35 bits per heavy atom. The molecule has 1 atom stereocenters. The minimum Gasteiger partial charge on any atom is -0.409 e. The fraction of sp³-hybridized carbons (Fsp3) is 0.533. The van der Waals surface area contributed by atoms with Gasteiger partial charge in [0.25, 0.3) is 0 Å². The van der Waals surface area contributed by atoms with E-state index in [9.17, 15) is 0 Å². The Labute approximate surface area is 119 Å². The van der Waals surface area contributed by atoms with Crippen LogP contribution in [0.15, 0.2) is 23.4 Å². The van der Waals surface area contributed by atoms with E-state index in [-0.39, 0.29) is 5.84 Å². The molecule has 1 aromatic carbocycles. The molecule has 20 heavy (non-hydrogen) atoms. The Morgan fingerprint density at radius 3 is 3.00 bits per heavy atom. The normalized spacial score (nSPS) is 23.9. The summed E-state index contributed by atoms with van der Waals surface area (Å²) in [6.07, 6.45) is 2.58. The second kappa shape index (κ2) is 5.32. The molecule has 0 saturated carbocycles. The van der Waals surface area contributed by atoms with Gasteiger partial charge in [0.2, 0.25) is 0 Å². The number of fused-ring (bicyclic) bond motifs is 1. The number of oxime groups is 1. The highest BCUT2D eigenvalue weighted by molar-refractivity contribution is 6.02. The van der Waals surface area contributed by atoms with Gasteiger partial charge in [0.05, 0.1) is 0 Å². The molecule has 3 rings (SSSR count). The zero-order valence-corrected chi connectivity index (χ0v) is 11.9. The van der Waals surface area contributed by atoms with E-state index in [1.54, 1.807) is 0 Å². The maximum Gasteiger partial charge on any atom is 0.172 e. The van der Waals surface area contributed by atoms with E-state index in [0.717, 1.165) is 36.4 Å². The van der Waals surface area contributed by atoms with Gasteiger partial charge in [-0.2, -0.15) is 0 Å². The van der Waals surface area contributed by atoms with Crippen molar-refractivity contribution in [3.05, 3.63) is 29.3 Å². The predicted octanol–water partition coefficient (Wildman–Crippen LogP) is 1.37. The first-order valence-electron chi connectivity index (χ1n) is 7.26. The smallest absolute Gasteiger partial charge is 0.172 e. The third kappa shape index (κ3) is 2.33. The Hall–Kier alpha value is -1.75. The lowest BCUT2D eigenvalue weighted by molar-refractivity contribution is 0.231. The number of benzene rings is 1. The highest BCUT2D eigenvalue weighted by Crippen LogP contribution is 2.28. The van der Waals surface area contributed by atoms with Crippen LogP contribution in [0.1, 0.15) is 24.0 Å². The molecule has 5 nitrogen and oxygen atoms in total. The lowest BCUT2D eigenvalue weighted by Crippen LogP contribution is -2.50. The lowest BCUT2D eigenvalue weighted by atomic mass is 10.1. The van der Waals surface area contributed by atoms with Crippen molar-refractivity contribution in [2.24, 2.45) is 10.9 Å². The molecule has 2 fully saturated rings. The van der Waals surface area contributed by atoms with Crippen LogP contribution in [0.25, 0.3) is 0 Å². The van der Waals surface area contributed by atoms with Crippen LogP contribution in [0.5, 0.6) is 0 Å². The second-order valence-electron chi connectivity index (χ2n) is 5.78. The number of hydrogen-bond donors (Lipinski definition) is 2. The molecule has 2 heterocycles. The molecule has 2 saturated heterocycles. The third-order valence-corrected chi connectivity index (χ3v) is 4.46. The number of hydrogen-bond acceptors (Lipinski definition) is 4. The molecule has 2 aliphatic rings. The number of rotatable bonds is 2. The van der Waals surface area contributed by atoms with Crippen LogP contribution in [-0.4, -0.2) is 48.2 Å². The number of piperazine rings is 1. The average Bonchev–Trinajstić information content (AvgIpc) is 2.93. The molecule has 1 unspecified atom stereocenters. The van der Waals surface area contributed by atoms with E-state index < -0.39 is 0 Å². The molecule has 108 valence electrons. The molecule has 0 amide bonds. The summed E-state index contributed by atoms with van der Waals surface area (Å²) in [4.78, 5) is 4.95. The molecular weight excluding hydrogens is 252 g/mol. The van der Waals surface area contributed by atoms with Gasteiger partial charge in [-0.15, -0.1) is 0 Å². The summed E-state index contributed by atoms with van der Waals surface area (Å²) in [5.41, 5.74) is 8.87. The topological polar surface area (TPSA) is 65.1 Å². The van der Waals surface area contributed by atoms with E-state index in [1.807, 2.05) is 13.0 Å². The quantitative estimate of drug-likeness (QED) is 0.370. The molecule has 0 aromatic heterocycles. The van der Waals surface area contributed by atoms with Gasteiger partial charge in [0.15, 0.2) is 5.84 Å². The molecule has 3 N–H and O–H groups in total. The fourth-order valence-electron chi connectivity index (χ4n) is 3.39. The summed E-state index contributed by atoms with van der Waals surface area (Å²) in [5.74, 6) is 0.192. The fourth-order valence-corrected chi connectivity index (χ4v) is 3.39. The van der Waals surface area contributed by atoms with Crippen LogP contribution >= 0.6 is 0 Å². The summed E-state index contributed by atoms with van der Waals surface area (Å²) in [6, 6.07) is 6.83. The molecule has 1 aromatic rings. The number of anilines is 1. The van der Waals surface area contributed by atoms with Crippen molar-refractivity contribution in [3.63, 3.8) is 0 Å². The van der Waals surface area contributed by atoms with Crippen LogP contribution in [-0.2, 0) is 0 Å². The van der Waals surface area contributed by atoms with Gasteiger partial charge in [-0.1, -0.05) is 16.8 Å². The zero-order chi connectivity index (χ0) is 14.1. The molecule has 2 aliphatic heterocycles. The summed E-state index contributed by atoms with van der Waals surface area (Å²) < 4.78 is 0. The Kier molecular flexibility index (Phi) is 3.53. The second-order valence-corrected chi connectivity index (χ2v) is 5.78. The molecule has 0 spiro atoms. The van der Waals surface area contributed by atoms with Gasteiger partial charge >= 0.3 is 0 Å². The zero-order valence-electron chi connectivity index (χ0n) is 11.9. The van der Waals surface area contributed by atoms with Crippen molar-refractivity contribution in [2.45, 2.75) is 25.8 Å². The third-order valence-electron chi connectivity index (χ3n) is 4.46. The lowest BCUT2D eigenvalue weighted by Gasteiger charge is -2.39. The first kappa shape index (κ1) is 13.2. The van der Waals surface area contributed by atoms with Gasteiger partial charge in [0.1, 0.15) is 0 Å². The minimum atomic E-state index is 0.192. The first-order chi connectivity index (χ1) is 9.69. The van der Waals surface area contributed by atoms with Gasteiger partial charge in [-0.05, 0) is 38.4 Å². The van der Waals surface area contributed by atoms with E-state index in [1.165, 1.54) is 19.4 Å². The monoisotopic (exact) mass is 274 g/mol. The number of nitrogens with two attached hydrogens (primary N) is 1. The van der Waals surface area contributed by atoms with Crippen molar-refractivity contribution in [1.29, 1.82) is 0 Å². The van der Waals surface area contributed by atoms with Crippen LogP contribution in [0.3, 0.4) is 0 Å². The summed E-state index contributed by atoms with van der Waals surface area (Å²) >= 11 is 0. The summed E-state index contributed by atoms with van der Waals surface area (Å²) in [6.45, 7) is 6.40. The maximum atomic E-state index is 8.99. The maximum absolute atomic E-state index is 8.99. The van der Waals surface area contributed by atoms with Gasteiger partial charge in [-0.25, -0.2) is 0 Å². The number of nitrogens with zero attached hydrogens (tertiary/aromatic N) is 3. The summed E-state index contributed by atoms with van der Waals surface area (Å²) in [7, 11) is 0. The first-order valence-corrected chi connectivity index (χ1v) is 7.26. The SMILES string of the molecule is Cc1ccc(N2CCN3CCCC3C2)c(/C(N)=N/O)c1. The van der Waals surface area contributed by atoms with Crippen LogP contribution in [0, 0.1) is 6.92 Å². The average molecular weight is 274 g/mol. The largest absolute Gasteiger partial charge is 0.409 e. The Morgan fingerprint density at radius 2 is 2.20 bits per heavy atom. The van der Waals surface area contributed by atoms with Gasteiger partial charge in [-0.3, -0.25) is 4.90 Å². The van der Waals surface area contributed by atoms with Crippen LogP contribution < -0.4 is 10.6 Å². The van der Waals surface area contributed by atoms with E-state index in [2.05, 4.69) is 27.1 Å². The highest BCUT2D eigenvalue weighted by Gasteiger charge is 2.31. The molecule has 0 bridgehead atoms. The van der Waals surface area contributed by atoms with Crippen molar-refractivity contribution >= 4 is 11.5 Å². The van der Waals surface area contributed by atoms with E-state index in [0.29, 0.717) is 6.04 Å².